The molecule has 8 nitrogen and oxygen atoms in total. The lowest BCUT2D eigenvalue weighted by Gasteiger charge is -2.06. The van der Waals surface area contributed by atoms with Gasteiger partial charge in [-0.25, -0.2) is 4.98 Å². The molecule has 1 aromatic carbocycles. The number of anilines is 1. The first-order valence-corrected chi connectivity index (χ1v) is 6.24. The zero-order valence-corrected chi connectivity index (χ0v) is 10.9. The van der Waals surface area contributed by atoms with Gasteiger partial charge in [0, 0.05) is 23.1 Å². The van der Waals surface area contributed by atoms with Crippen molar-refractivity contribution in [2.45, 2.75) is 16.7 Å². The second kappa shape index (κ2) is 5.72. The minimum absolute atomic E-state index is 0.0729. The molecule has 0 radical (unpaired) electrons. The number of H-pyrrole nitrogens is 1. The molecule has 0 saturated carbocycles. The van der Waals surface area contributed by atoms with Crippen molar-refractivity contribution in [2.75, 3.05) is 5.73 Å². The fraction of sp³-hybridized carbons (Fsp3) is 0.0909. The van der Waals surface area contributed by atoms with Gasteiger partial charge in [-0.1, -0.05) is 11.8 Å². The third kappa shape index (κ3) is 3.13. The summed E-state index contributed by atoms with van der Waals surface area (Å²) in [4.78, 5) is 28.4. The van der Waals surface area contributed by atoms with Crippen molar-refractivity contribution in [3.8, 4) is 0 Å². The number of nitro groups is 1. The third-order valence-corrected chi connectivity index (χ3v) is 3.38. The zero-order chi connectivity index (χ0) is 14.7. The smallest absolute Gasteiger partial charge is 0.269 e. The summed E-state index contributed by atoms with van der Waals surface area (Å²) in [7, 11) is 0. The van der Waals surface area contributed by atoms with E-state index in [-0.39, 0.29) is 23.3 Å². The molecule has 2 rings (SSSR count). The number of nitrogens with two attached hydrogens (primary N) is 1. The Kier molecular flexibility index (Phi) is 4.01. The number of nitro benzene ring substituents is 1. The minimum Gasteiger partial charge on any atom is -0.392 e. The fourth-order valence-electron chi connectivity index (χ4n) is 1.51. The topological polar surface area (TPSA) is 135 Å². The van der Waals surface area contributed by atoms with Crippen molar-refractivity contribution in [2.24, 2.45) is 0 Å². The van der Waals surface area contributed by atoms with E-state index in [9.17, 15) is 20.0 Å². The van der Waals surface area contributed by atoms with E-state index in [1.54, 1.807) is 0 Å². The van der Waals surface area contributed by atoms with Crippen molar-refractivity contribution < 1.29 is 10.0 Å². The van der Waals surface area contributed by atoms with Crippen molar-refractivity contribution >= 4 is 23.3 Å². The number of aromatic amines is 1. The lowest BCUT2D eigenvalue weighted by atomic mass is 10.2. The van der Waals surface area contributed by atoms with Gasteiger partial charge in [0.15, 0.2) is 5.16 Å². The van der Waals surface area contributed by atoms with Crippen LogP contribution < -0.4 is 11.3 Å². The van der Waals surface area contributed by atoms with Crippen molar-refractivity contribution in [1.29, 1.82) is 0 Å². The molecule has 0 aliphatic carbocycles. The van der Waals surface area contributed by atoms with Crippen molar-refractivity contribution in [3.63, 3.8) is 0 Å². The highest BCUT2D eigenvalue weighted by Crippen LogP contribution is 2.30. The number of non-ortho nitro benzene ring substituents is 1. The van der Waals surface area contributed by atoms with Crippen LogP contribution in [0.2, 0.25) is 0 Å². The van der Waals surface area contributed by atoms with Gasteiger partial charge in [0.25, 0.3) is 11.2 Å². The van der Waals surface area contributed by atoms with E-state index in [2.05, 4.69) is 9.97 Å². The summed E-state index contributed by atoms with van der Waals surface area (Å²) in [5, 5.41) is 20.2. The number of aliphatic hydroxyl groups is 1. The number of rotatable bonds is 4. The van der Waals surface area contributed by atoms with Gasteiger partial charge >= 0.3 is 0 Å². The highest BCUT2D eigenvalue weighted by atomic mass is 32.2. The Hall–Kier alpha value is -2.39. The van der Waals surface area contributed by atoms with Gasteiger partial charge in [0.1, 0.15) is 5.82 Å². The van der Waals surface area contributed by atoms with Gasteiger partial charge in [-0.2, -0.15) is 0 Å². The molecule has 104 valence electrons. The zero-order valence-electron chi connectivity index (χ0n) is 10.1. The number of nitrogens with one attached hydrogen (secondary N) is 1. The van der Waals surface area contributed by atoms with Gasteiger partial charge < -0.3 is 15.8 Å². The Labute approximate surface area is 116 Å². The monoisotopic (exact) mass is 294 g/mol. The van der Waals surface area contributed by atoms with Gasteiger partial charge in [-0.3, -0.25) is 14.9 Å². The van der Waals surface area contributed by atoms with E-state index >= 15 is 0 Å². The van der Waals surface area contributed by atoms with Crippen LogP contribution in [-0.4, -0.2) is 20.0 Å². The standard InChI is InChI=1S/C11H10N4O4S/c12-9-4-10(17)14-11(13-9)20-8-2-1-7(15(18)19)3-6(8)5-16/h1-4,16H,5H2,(H3,12,13,14,17). The molecular formula is C11H10N4O4S. The maximum atomic E-state index is 11.3. The maximum absolute atomic E-state index is 11.3. The predicted molar refractivity (Wildman–Crippen MR) is 72.4 cm³/mol. The first-order valence-electron chi connectivity index (χ1n) is 5.42. The minimum atomic E-state index is -0.547. The molecule has 0 aliphatic rings. The average molecular weight is 294 g/mol. The fourth-order valence-corrected chi connectivity index (χ4v) is 2.41. The molecular weight excluding hydrogens is 284 g/mol. The predicted octanol–water partition coefficient (Wildman–Crippen LogP) is 0.904. The Bertz CT molecular complexity index is 716. The van der Waals surface area contributed by atoms with Crippen LogP contribution in [0.4, 0.5) is 11.5 Å². The van der Waals surface area contributed by atoms with Crippen LogP contribution in [0, 0.1) is 10.1 Å². The Balaban J connectivity index is 2.37. The van der Waals surface area contributed by atoms with Crippen LogP contribution in [0.25, 0.3) is 0 Å². The number of nitrogens with zero attached hydrogens (tertiary/aromatic N) is 2. The number of nitrogen functional groups attached to an aromatic ring is 1. The normalized spacial score (nSPS) is 10.4. The van der Waals surface area contributed by atoms with E-state index in [0.29, 0.717) is 10.5 Å². The summed E-state index contributed by atoms with van der Waals surface area (Å²) < 4.78 is 0. The second-order valence-electron chi connectivity index (χ2n) is 3.78. The molecule has 0 bridgehead atoms. The molecule has 0 aliphatic heterocycles. The first-order chi connectivity index (χ1) is 9.49. The average Bonchev–Trinajstić information content (AvgIpc) is 2.37. The van der Waals surface area contributed by atoms with Gasteiger partial charge in [-0.05, 0) is 11.6 Å². The van der Waals surface area contributed by atoms with E-state index in [4.69, 9.17) is 5.73 Å². The van der Waals surface area contributed by atoms with Crippen LogP contribution in [-0.2, 0) is 6.61 Å². The van der Waals surface area contributed by atoms with Crippen LogP contribution in [0.5, 0.6) is 0 Å². The Morgan fingerprint density at radius 1 is 1.45 bits per heavy atom. The quantitative estimate of drug-likeness (QED) is 0.433. The van der Waals surface area contributed by atoms with Gasteiger partial charge in [0.05, 0.1) is 11.5 Å². The summed E-state index contributed by atoms with van der Waals surface area (Å²) >= 11 is 1.06. The molecule has 0 amide bonds. The largest absolute Gasteiger partial charge is 0.392 e. The number of hydrogen-bond acceptors (Lipinski definition) is 7. The number of hydrogen-bond donors (Lipinski definition) is 3. The van der Waals surface area contributed by atoms with Gasteiger partial charge in [-0.15, -0.1) is 0 Å². The van der Waals surface area contributed by atoms with E-state index < -0.39 is 10.5 Å². The summed E-state index contributed by atoms with van der Waals surface area (Å²) in [5.41, 5.74) is 5.32. The summed E-state index contributed by atoms with van der Waals surface area (Å²) in [6.07, 6.45) is 0. The number of aromatic nitrogens is 2. The van der Waals surface area contributed by atoms with Gasteiger partial charge in [0.2, 0.25) is 0 Å². The van der Waals surface area contributed by atoms with Crippen LogP contribution in [0.3, 0.4) is 0 Å². The Morgan fingerprint density at radius 3 is 2.80 bits per heavy atom. The molecule has 1 heterocycles. The first kappa shape index (κ1) is 14.0. The van der Waals surface area contributed by atoms with E-state index in [0.717, 1.165) is 17.8 Å². The SMILES string of the molecule is Nc1cc(=O)[nH]c(Sc2ccc([N+](=O)[O-])cc2CO)n1. The van der Waals surface area contributed by atoms with Crippen LogP contribution in [0.1, 0.15) is 5.56 Å². The summed E-state index contributed by atoms with van der Waals surface area (Å²) in [6, 6.07) is 5.21. The highest BCUT2D eigenvalue weighted by molar-refractivity contribution is 7.99. The molecule has 20 heavy (non-hydrogen) atoms. The molecule has 0 fully saturated rings. The highest BCUT2D eigenvalue weighted by Gasteiger charge is 2.12. The number of benzene rings is 1. The Morgan fingerprint density at radius 2 is 2.20 bits per heavy atom. The van der Waals surface area contributed by atoms with Crippen LogP contribution in [0.15, 0.2) is 39.1 Å². The van der Waals surface area contributed by atoms with Crippen LogP contribution >= 0.6 is 11.8 Å². The summed E-state index contributed by atoms with van der Waals surface area (Å²) in [6.45, 7) is -0.365. The molecule has 1 aromatic heterocycles. The molecule has 0 unspecified atom stereocenters. The second-order valence-corrected chi connectivity index (χ2v) is 4.82. The summed E-state index contributed by atoms with van der Waals surface area (Å²) in [5.74, 6) is 0.0729. The molecule has 0 saturated heterocycles. The molecule has 9 heteroatoms. The van der Waals surface area contributed by atoms with Crippen molar-refractivity contribution in [1.82, 2.24) is 9.97 Å². The lowest BCUT2D eigenvalue weighted by Crippen LogP contribution is -2.09. The number of aliphatic hydroxyl groups excluding tert-OH is 1. The molecule has 0 spiro atoms. The van der Waals surface area contributed by atoms with Crippen molar-refractivity contribution in [3.05, 3.63) is 50.3 Å². The molecule has 0 atom stereocenters. The lowest BCUT2D eigenvalue weighted by molar-refractivity contribution is -0.385. The molecule has 2 aromatic rings. The third-order valence-electron chi connectivity index (χ3n) is 2.37. The van der Waals surface area contributed by atoms with E-state index in [1.165, 1.54) is 18.2 Å². The van der Waals surface area contributed by atoms with E-state index in [1.807, 2.05) is 0 Å². The maximum Gasteiger partial charge on any atom is 0.269 e. The molecule has 4 N–H and O–H groups in total.